The molecular formula is C33H47N5O. The third-order valence-corrected chi connectivity index (χ3v) is 7.27. The Hall–Kier alpha value is -3.22. The minimum atomic E-state index is -0.117. The number of allylic oxidation sites excluding steroid dienone is 1. The molecule has 3 rings (SSSR count). The van der Waals surface area contributed by atoms with Gasteiger partial charge in [0.1, 0.15) is 0 Å². The lowest BCUT2D eigenvalue weighted by atomic mass is 10.0. The largest absolute Gasteiger partial charge is 0.379 e. The molecule has 0 saturated carbocycles. The van der Waals surface area contributed by atoms with Crippen LogP contribution in [0.15, 0.2) is 65.9 Å². The van der Waals surface area contributed by atoms with Gasteiger partial charge in [-0.05, 0) is 93.6 Å². The highest BCUT2D eigenvalue weighted by Gasteiger charge is 2.15. The minimum Gasteiger partial charge on any atom is -0.379 e. The molecule has 2 N–H and O–H groups in total. The maximum atomic E-state index is 13.1. The van der Waals surface area contributed by atoms with Crippen LogP contribution in [0.1, 0.15) is 80.6 Å². The number of likely N-dealkylation sites (tertiary alicyclic amines) is 1. The Morgan fingerprint density at radius 1 is 1.13 bits per heavy atom. The predicted molar refractivity (Wildman–Crippen MR) is 166 cm³/mol. The molecule has 39 heavy (non-hydrogen) atoms. The van der Waals surface area contributed by atoms with E-state index in [1.807, 2.05) is 42.6 Å². The smallest absolute Gasteiger partial charge is 0.255 e. The van der Waals surface area contributed by atoms with E-state index < -0.39 is 0 Å². The van der Waals surface area contributed by atoms with Crippen molar-refractivity contribution in [3.8, 4) is 0 Å². The number of hydrogen-bond donors (Lipinski definition) is 2. The molecule has 0 radical (unpaired) electrons. The van der Waals surface area contributed by atoms with Crippen molar-refractivity contribution in [2.45, 2.75) is 66.1 Å². The lowest BCUT2D eigenvalue weighted by molar-refractivity contribution is 0.102. The van der Waals surface area contributed by atoms with Gasteiger partial charge in [0.2, 0.25) is 0 Å². The van der Waals surface area contributed by atoms with Gasteiger partial charge in [0, 0.05) is 55.9 Å². The molecule has 0 bridgehead atoms. The van der Waals surface area contributed by atoms with E-state index in [1.54, 1.807) is 0 Å². The molecular weight excluding hydrogens is 482 g/mol. The Labute approximate surface area is 235 Å². The molecule has 2 aromatic carbocycles. The molecule has 1 aliphatic heterocycles. The SMILES string of the molecule is C=Cc1cc(C(=O)Nc2cccc([C@H](C)NC(C)C=N/C(=C/N(C)CC)C(C)C)c2)ccc1CN1CCCC1. The molecule has 6 heteroatoms. The van der Waals surface area contributed by atoms with Crippen LogP contribution in [0, 0.1) is 5.92 Å². The van der Waals surface area contributed by atoms with Crippen LogP contribution in [0.25, 0.3) is 6.08 Å². The molecule has 1 fully saturated rings. The highest BCUT2D eigenvalue weighted by Crippen LogP contribution is 2.22. The fourth-order valence-electron chi connectivity index (χ4n) is 4.72. The van der Waals surface area contributed by atoms with E-state index in [-0.39, 0.29) is 18.0 Å². The summed E-state index contributed by atoms with van der Waals surface area (Å²) in [7, 11) is 2.07. The summed E-state index contributed by atoms with van der Waals surface area (Å²) in [5.41, 5.74) is 5.82. The molecule has 2 aromatic rings. The van der Waals surface area contributed by atoms with Crippen LogP contribution in [0.5, 0.6) is 0 Å². The summed E-state index contributed by atoms with van der Waals surface area (Å²) in [5, 5.41) is 6.68. The minimum absolute atomic E-state index is 0.0868. The zero-order valence-electron chi connectivity index (χ0n) is 24.7. The first kappa shape index (κ1) is 30.3. The van der Waals surface area contributed by atoms with Gasteiger partial charge in [-0.1, -0.05) is 44.7 Å². The van der Waals surface area contributed by atoms with Gasteiger partial charge < -0.3 is 15.5 Å². The van der Waals surface area contributed by atoms with Crippen molar-refractivity contribution < 1.29 is 4.79 Å². The second-order valence-electron chi connectivity index (χ2n) is 10.9. The highest BCUT2D eigenvalue weighted by atomic mass is 16.1. The van der Waals surface area contributed by atoms with Crippen LogP contribution in [0.2, 0.25) is 0 Å². The molecule has 1 unspecified atom stereocenters. The standard InChI is InChI=1S/C33H47N5O/c1-8-27-19-29(15-16-30(27)22-38-17-10-11-18-38)33(39)36-31-14-12-13-28(20-31)26(6)35-25(5)21-34-32(24(3)4)23-37(7)9-2/h8,12-16,19-21,23-26,35H,1,9-11,17-18,22H2,2-7H3,(H,36,39)/b32-23+,34-21?/t25?,26-/m0/s1. The monoisotopic (exact) mass is 529 g/mol. The van der Waals surface area contributed by atoms with Crippen LogP contribution in [-0.4, -0.2) is 54.6 Å². The van der Waals surface area contributed by atoms with Crippen LogP contribution in [-0.2, 0) is 6.54 Å². The second-order valence-corrected chi connectivity index (χ2v) is 10.9. The Bertz CT molecular complexity index is 1160. The third kappa shape index (κ3) is 9.19. The topological polar surface area (TPSA) is 60.0 Å². The lowest BCUT2D eigenvalue weighted by Gasteiger charge is -2.19. The van der Waals surface area contributed by atoms with E-state index >= 15 is 0 Å². The third-order valence-electron chi connectivity index (χ3n) is 7.27. The number of nitrogens with zero attached hydrogens (tertiary/aromatic N) is 3. The van der Waals surface area contributed by atoms with Gasteiger partial charge in [0.05, 0.1) is 5.70 Å². The first-order valence-electron chi connectivity index (χ1n) is 14.3. The van der Waals surface area contributed by atoms with Crippen molar-refractivity contribution in [2.24, 2.45) is 10.9 Å². The van der Waals surface area contributed by atoms with E-state index in [2.05, 4.69) is 87.0 Å². The van der Waals surface area contributed by atoms with Crippen molar-refractivity contribution in [3.05, 3.63) is 83.2 Å². The summed E-state index contributed by atoms with van der Waals surface area (Å²) >= 11 is 0. The molecule has 1 heterocycles. The summed E-state index contributed by atoms with van der Waals surface area (Å²) in [5.74, 6) is 0.234. The quantitative estimate of drug-likeness (QED) is 0.282. The summed E-state index contributed by atoms with van der Waals surface area (Å²) in [6.45, 7) is 18.8. The second kappa shape index (κ2) is 14.8. The van der Waals surface area contributed by atoms with Crippen molar-refractivity contribution in [3.63, 3.8) is 0 Å². The number of hydrogen-bond acceptors (Lipinski definition) is 5. The van der Waals surface area contributed by atoms with E-state index in [9.17, 15) is 4.79 Å². The number of amides is 1. The van der Waals surface area contributed by atoms with Crippen molar-refractivity contribution >= 4 is 23.9 Å². The lowest BCUT2D eigenvalue weighted by Crippen LogP contribution is -2.30. The molecule has 210 valence electrons. The molecule has 0 spiro atoms. The van der Waals surface area contributed by atoms with E-state index in [0.29, 0.717) is 11.5 Å². The number of anilines is 1. The molecule has 1 aliphatic rings. The van der Waals surface area contributed by atoms with E-state index in [4.69, 9.17) is 4.99 Å². The average Bonchev–Trinajstić information content (AvgIpc) is 3.44. The molecule has 0 aliphatic carbocycles. The Morgan fingerprint density at radius 3 is 2.54 bits per heavy atom. The fourth-order valence-corrected chi connectivity index (χ4v) is 4.72. The summed E-state index contributed by atoms with van der Waals surface area (Å²) in [6.07, 6.45) is 8.46. The average molecular weight is 530 g/mol. The number of nitrogens with one attached hydrogen (secondary N) is 2. The molecule has 6 nitrogen and oxygen atoms in total. The van der Waals surface area contributed by atoms with Gasteiger partial charge in [-0.3, -0.25) is 14.7 Å². The fraction of sp³-hybridized carbons (Fsp3) is 0.455. The van der Waals surface area contributed by atoms with Gasteiger partial charge in [-0.2, -0.15) is 0 Å². The summed E-state index contributed by atoms with van der Waals surface area (Å²) in [6, 6.07) is 14.1. The number of carbonyl (C=O) groups excluding carboxylic acids is 1. The van der Waals surface area contributed by atoms with Crippen molar-refractivity contribution in [1.82, 2.24) is 15.1 Å². The molecule has 1 saturated heterocycles. The first-order chi connectivity index (χ1) is 18.7. The Balaban J connectivity index is 1.63. The number of carbonyl (C=O) groups is 1. The summed E-state index contributed by atoms with van der Waals surface area (Å²) < 4.78 is 0. The van der Waals surface area contributed by atoms with Crippen LogP contribution in [0.4, 0.5) is 5.69 Å². The maximum absolute atomic E-state index is 13.1. The van der Waals surface area contributed by atoms with Gasteiger partial charge in [-0.25, -0.2) is 0 Å². The highest BCUT2D eigenvalue weighted by molar-refractivity contribution is 6.04. The molecule has 0 aromatic heterocycles. The Morgan fingerprint density at radius 2 is 1.87 bits per heavy atom. The molecule has 1 amide bonds. The van der Waals surface area contributed by atoms with E-state index in [1.165, 1.54) is 18.4 Å². The van der Waals surface area contributed by atoms with Crippen LogP contribution >= 0.6 is 0 Å². The van der Waals surface area contributed by atoms with Crippen molar-refractivity contribution in [1.29, 1.82) is 0 Å². The van der Waals surface area contributed by atoms with Gasteiger partial charge in [0.15, 0.2) is 0 Å². The zero-order chi connectivity index (χ0) is 28.4. The zero-order valence-corrected chi connectivity index (χ0v) is 24.7. The normalized spacial score (nSPS) is 16.0. The van der Waals surface area contributed by atoms with Gasteiger partial charge >= 0.3 is 0 Å². The van der Waals surface area contributed by atoms with Crippen molar-refractivity contribution in [2.75, 3.05) is 32.0 Å². The number of aliphatic imine (C=N–C) groups is 1. The Kier molecular flexibility index (Phi) is 11.5. The predicted octanol–water partition coefficient (Wildman–Crippen LogP) is 6.74. The number of benzene rings is 2. The number of rotatable bonds is 13. The maximum Gasteiger partial charge on any atom is 0.255 e. The first-order valence-corrected chi connectivity index (χ1v) is 14.3. The summed E-state index contributed by atoms with van der Waals surface area (Å²) in [4.78, 5) is 22.5. The van der Waals surface area contributed by atoms with Gasteiger partial charge in [0.25, 0.3) is 5.91 Å². The van der Waals surface area contributed by atoms with Crippen LogP contribution < -0.4 is 10.6 Å². The molecule has 2 atom stereocenters. The van der Waals surface area contributed by atoms with E-state index in [0.717, 1.165) is 48.7 Å². The van der Waals surface area contributed by atoms with Crippen LogP contribution in [0.3, 0.4) is 0 Å². The van der Waals surface area contributed by atoms with Gasteiger partial charge in [-0.15, -0.1) is 0 Å².